The van der Waals surface area contributed by atoms with Crippen molar-refractivity contribution in [3.63, 3.8) is 0 Å². The van der Waals surface area contributed by atoms with Gasteiger partial charge in [-0.25, -0.2) is 0 Å². The van der Waals surface area contributed by atoms with E-state index in [4.69, 9.17) is 0 Å². The maximum atomic E-state index is 13.7. The molecule has 1 atom stereocenters. The van der Waals surface area contributed by atoms with Crippen LogP contribution in [-0.4, -0.2) is 39.4 Å². The predicted octanol–water partition coefficient (Wildman–Crippen LogP) is 5.00. The van der Waals surface area contributed by atoms with Crippen LogP contribution in [0.2, 0.25) is 0 Å². The quantitative estimate of drug-likeness (QED) is 0.576. The molecule has 168 valence electrons. The number of benzene rings is 1. The molecule has 0 unspecified atom stereocenters. The highest BCUT2D eigenvalue weighted by molar-refractivity contribution is 7.16. The number of carbonyl (C=O) groups excluding carboxylic acids is 2. The molecule has 0 radical (unpaired) electrons. The fraction of sp³-hybridized carbons (Fsp3) is 0.462. The number of amides is 2. The van der Waals surface area contributed by atoms with E-state index in [-0.39, 0.29) is 17.9 Å². The van der Waals surface area contributed by atoms with Crippen LogP contribution in [0.1, 0.15) is 61.5 Å². The maximum Gasteiger partial charge on any atom is 0.271 e. The first kappa shape index (κ1) is 21.3. The van der Waals surface area contributed by atoms with E-state index in [1.54, 1.807) is 11.3 Å². The molecule has 0 bridgehead atoms. The van der Waals surface area contributed by atoms with E-state index in [9.17, 15) is 9.59 Å². The van der Waals surface area contributed by atoms with Gasteiger partial charge in [0, 0.05) is 18.0 Å². The summed E-state index contributed by atoms with van der Waals surface area (Å²) in [5, 5.41) is 6.44. The molecular weight excluding hydrogens is 418 g/mol. The molecule has 32 heavy (non-hydrogen) atoms. The topological polar surface area (TPSA) is 54.3 Å². The summed E-state index contributed by atoms with van der Waals surface area (Å²) in [6.07, 6.45) is 7.37. The fourth-order valence-corrected chi connectivity index (χ4v) is 6.18. The molecule has 3 heterocycles. The van der Waals surface area contributed by atoms with Crippen LogP contribution in [-0.2, 0) is 17.8 Å². The van der Waals surface area contributed by atoms with E-state index in [2.05, 4.69) is 28.1 Å². The number of hydrogen-bond donors (Lipinski definition) is 1. The smallest absolute Gasteiger partial charge is 0.271 e. The lowest BCUT2D eigenvalue weighted by Crippen LogP contribution is -2.65. The Balaban J connectivity index is 1.42. The van der Waals surface area contributed by atoms with E-state index in [0.717, 1.165) is 35.9 Å². The number of thiophene rings is 1. The van der Waals surface area contributed by atoms with Gasteiger partial charge in [-0.1, -0.05) is 49.6 Å². The molecule has 2 amide bonds. The number of hydrogen-bond acceptors (Lipinski definition) is 3. The lowest BCUT2D eigenvalue weighted by Gasteiger charge is -2.45. The van der Waals surface area contributed by atoms with Gasteiger partial charge in [-0.3, -0.25) is 9.59 Å². The predicted molar refractivity (Wildman–Crippen MR) is 129 cm³/mol. The summed E-state index contributed by atoms with van der Waals surface area (Å²) in [5.74, 6) is -0.0458. The van der Waals surface area contributed by atoms with Gasteiger partial charge in [0.25, 0.3) is 5.91 Å². The lowest BCUT2D eigenvalue weighted by atomic mass is 9.91. The van der Waals surface area contributed by atoms with Crippen LogP contribution >= 0.6 is 11.3 Å². The minimum atomic E-state index is -0.895. The van der Waals surface area contributed by atoms with Crippen molar-refractivity contribution in [2.75, 3.05) is 6.54 Å². The van der Waals surface area contributed by atoms with Crippen molar-refractivity contribution in [1.82, 2.24) is 14.8 Å². The number of carbonyl (C=O) groups is 2. The monoisotopic (exact) mass is 449 g/mol. The molecule has 2 aromatic heterocycles. The van der Waals surface area contributed by atoms with Crippen molar-refractivity contribution in [3.05, 3.63) is 59.1 Å². The standard InChI is InChI=1S/C26H31N3O2S/c1-26(25(31)27-21-12-6-3-7-13-21)18-28-22(17-20-14-16-32-24(20)28)23(30)29(26)15-8-11-19-9-4-2-5-10-19/h2,4-5,9-10,14,16-17,21H,3,6-8,11-13,15,18H2,1H3,(H,27,31)/t26-/m1/s1. The molecule has 2 aliphatic rings. The van der Waals surface area contributed by atoms with Crippen molar-refractivity contribution >= 4 is 33.4 Å². The van der Waals surface area contributed by atoms with Crippen molar-refractivity contribution in [2.24, 2.45) is 0 Å². The minimum Gasteiger partial charge on any atom is -0.351 e. The van der Waals surface area contributed by atoms with Crippen molar-refractivity contribution in [3.8, 4) is 0 Å². The Kier molecular flexibility index (Phi) is 5.80. The minimum absolute atomic E-state index is 0.0125. The molecule has 3 aromatic rings. The summed E-state index contributed by atoms with van der Waals surface area (Å²) < 4.78 is 2.07. The van der Waals surface area contributed by atoms with Crippen molar-refractivity contribution < 1.29 is 9.59 Å². The van der Waals surface area contributed by atoms with Crippen LogP contribution in [0.3, 0.4) is 0 Å². The average Bonchev–Trinajstić information content (AvgIpc) is 3.40. The number of nitrogens with one attached hydrogen (secondary N) is 1. The molecule has 0 spiro atoms. The highest BCUT2D eigenvalue weighted by Gasteiger charge is 2.48. The zero-order valence-corrected chi connectivity index (χ0v) is 19.5. The molecule has 1 aliphatic heterocycles. The first-order chi connectivity index (χ1) is 15.6. The molecule has 1 fully saturated rings. The number of fused-ring (bicyclic) bond motifs is 3. The third-order valence-electron chi connectivity index (χ3n) is 7.15. The second-order valence-electron chi connectivity index (χ2n) is 9.43. The van der Waals surface area contributed by atoms with E-state index in [1.807, 2.05) is 41.5 Å². The summed E-state index contributed by atoms with van der Waals surface area (Å²) in [5.41, 5.74) is 1.07. The first-order valence-corrected chi connectivity index (χ1v) is 12.7. The number of aromatic nitrogens is 1. The molecule has 1 N–H and O–H groups in total. The number of aryl methyl sites for hydroxylation is 1. The molecular formula is C26H31N3O2S. The highest BCUT2D eigenvalue weighted by Crippen LogP contribution is 2.35. The van der Waals surface area contributed by atoms with Gasteiger partial charge in [0.1, 0.15) is 16.1 Å². The maximum absolute atomic E-state index is 13.7. The lowest BCUT2D eigenvalue weighted by molar-refractivity contribution is -0.133. The molecule has 6 heteroatoms. The molecule has 1 saturated carbocycles. The Morgan fingerprint density at radius 2 is 1.94 bits per heavy atom. The van der Waals surface area contributed by atoms with Gasteiger partial charge >= 0.3 is 0 Å². The van der Waals surface area contributed by atoms with E-state index >= 15 is 0 Å². The van der Waals surface area contributed by atoms with Gasteiger partial charge in [0.2, 0.25) is 5.91 Å². The van der Waals surface area contributed by atoms with Gasteiger partial charge in [0.15, 0.2) is 0 Å². The SMILES string of the molecule is C[C@]1(C(=O)NC2CCCCC2)Cn2c(cc3ccsc32)C(=O)N1CCCc1ccccc1. The highest BCUT2D eigenvalue weighted by atomic mass is 32.1. The zero-order valence-electron chi connectivity index (χ0n) is 18.7. The molecule has 1 aliphatic carbocycles. The molecule has 5 rings (SSSR count). The van der Waals surface area contributed by atoms with Gasteiger partial charge in [-0.05, 0) is 55.7 Å². The van der Waals surface area contributed by atoms with Gasteiger partial charge in [-0.15, -0.1) is 11.3 Å². The summed E-state index contributed by atoms with van der Waals surface area (Å²) in [6, 6.07) is 14.6. The van der Waals surface area contributed by atoms with Crippen LogP contribution in [0.15, 0.2) is 47.8 Å². The van der Waals surface area contributed by atoms with Crippen molar-refractivity contribution in [1.29, 1.82) is 0 Å². The Bertz CT molecular complexity index is 1110. The van der Waals surface area contributed by atoms with E-state index in [1.165, 1.54) is 24.8 Å². The molecule has 5 nitrogen and oxygen atoms in total. The Morgan fingerprint density at radius 1 is 1.16 bits per heavy atom. The Hall–Kier alpha value is -2.60. The van der Waals surface area contributed by atoms with Crippen molar-refractivity contribution in [2.45, 2.75) is 70.0 Å². The molecule has 0 saturated heterocycles. The Labute approximate surface area is 193 Å². The average molecular weight is 450 g/mol. The van der Waals surface area contributed by atoms with Gasteiger partial charge in [0.05, 0.1) is 6.54 Å². The molecule has 1 aromatic carbocycles. The summed E-state index contributed by atoms with van der Waals surface area (Å²) >= 11 is 1.64. The van der Waals surface area contributed by atoms with Gasteiger partial charge < -0.3 is 14.8 Å². The third-order valence-corrected chi connectivity index (χ3v) is 8.10. The van der Waals surface area contributed by atoms with E-state index < -0.39 is 5.54 Å². The zero-order chi connectivity index (χ0) is 22.1. The third kappa shape index (κ3) is 3.85. The Morgan fingerprint density at radius 3 is 2.72 bits per heavy atom. The van der Waals surface area contributed by atoms with Crippen LogP contribution in [0.25, 0.3) is 10.2 Å². The first-order valence-electron chi connectivity index (χ1n) is 11.8. The summed E-state index contributed by atoms with van der Waals surface area (Å²) in [7, 11) is 0. The second kappa shape index (κ2) is 8.74. The fourth-order valence-electron chi connectivity index (χ4n) is 5.28. The van der Waals surface area contributed by atoms with Crippen LogP contribution in [0, 0.1) is 0 Å². The van der Waals surface area contributed by atoms with E-state index in [0.29, 0.717) is 18.8 Å². The van der Waals surface area contributed by atoms with Gasteiger partial charge in [-0.2, -0.15) is 0 Å². The number of rotatable bonds is 6. The van der Waals surface area contributed by atoms with Crippen LogP contribution in [0.5, 0.6) is 0 Å². The summed E-state index contributed by atoms with van der Waals surface area (Å²) in [6.45, 7) is 3.02. The second-order valence-corrected chi connectivity index (χ2v) is 10.3. The normalized spacial score (nSPS) is 21.7. The van der Waals surface area contributed by atoms with Crippen LogP contribution < -0.4 is 5.32 Å². The summed E-state index contributed by atoms with van der Waals surface area (Å²) in [4.78, 5) is 30.3. The van der Waals surface area contributed by atoms with Crippen LogP contribution in [0.4, 0.5) is 0 Å². The largest absolute Gasteiger partial charge is 0.351 e. The number of nitrogens with zero attached hydrogens (tertiary/aromatic N) is 2.